The van der Waals surface area contributed by atoms with Gasteiger partial charge in [-0.1, -0.05) is 18.2 Å². The van der Waals surface area contributed by atoms with E-state index in [1.165, 1.54) is 5.56 Å². The molecule has 1 heterocycles. The number of aromatic nitrogens is 2. The molecule has 1 aromatic carbocycles. The highest BCUT2D eigenvalue weighted by atomic mass is 16.3. The topological polar surface area (TPSA) is 46.0 Å². The second-order valence-corrected chi connectivity index (χ2v) is 5.29. The summed E-state index contributed by atoms with van der Waals surface area (Å²) in [6.45, 7) is 5.57. The lowest BCUT2D eigenvalue weighted by molar-refractivity contribution is 0.182. The molecule has 0 fully saturated rings. The van der Waals surface area contributed by atoms with E-state index < -0.39 is 0 Å². The van der Waals surface area contributed by atoms with Gasteiger partial charge < -0.3 is 5.11 Å². The summed E-state index contributed by atoms with van der Waals surface area (Å²) in [5.41, 5.74) is 3.90. The second-order valence-electron chi connectivity index (χ2n) is 5.29. The number of aliphatic hydroxyl groups excluding tert-OH is 1. The van der Waals surface area contributed by atoms with Crippen LogP contribution in [0.5, 0.6) is 0 Å². The molecule has 110 valence electrons. The van der Waals surface area contributed by atoms with Crippen LogP contribution in [-0.4, -0.2) is 21.2 Å². The van der Waals surface area contributed by atoms with Gasteiger partial charge in [-0.25, -0.2) is 4.98 Å². The van der Waals surface area contributed by atoms with Gasteiger partial charge in [-0.2, -0.15) is 0 Å². The summed E-state index contributed by atoms with van der Waals surface area (Å²) in [5.74, 6) is 0. The quantitative estimate of drug-likeness (QED) is 0.618. The summed E-state index contributed by atoms with van der Waals surface area (Å²) in [6.07, 6.45) is 11.2. The summed E-state index contributed by atoms with van der Waals surface area (Å²) < 4.78 is 0. The Hall–Kier alpha value is -2.00. The van der Waals surface area contributed by atoms with E-state index in [2.05, 4.69) is 34.8 Å². The third-order valence-electron chi connectivity index (χ3n) is 3.29. The Morgan fingerprint density at radius 1 is 1.33 bits per heavy atom. The molecule has 1 N–H and O–H groups in total. The van der Waals surface area contributed by atoms with Crippen molar-refractivity contribution in [2.75, 3.05) is 0 Å². The highest BCUT2D eigenvalue weighted by molar-refractivity contribution is 5.75. The van der Waals surface area contributed by atoms with Crippen LogP contribution in [0.4, 0.5) is 0 Å². The van der Waals surface area contributed by atoms with E-state index >= 15 is 0 Å². The van der Waals surface area contributed by atoms with Crippen LogP contribution >= 0.6 is 0 Å². The van der Waals surface area contributed by atoms with E-state index in [0.717, 1.165) is 42.4 Å². The van der Waals surface area contributed by atoms with Crippen LogP contribution in [0.25, 0.3) is 17.1 Å². The van der Waals surface area contributed by atoms with Crippen molar-refractivity contribution in [3.8, 4) is 0 Å². The highest BCUT2D eigenvalue weighted by Gasteiger charge is 1.99. The molecule has 2 aromatic rings. The maximum Gasteiger partial charge on any atom is 0.0894 e. The molecule has 1 atom stereocenters. The van der Waals surface area contributed by atoms with E-state index in [1.807, 2.05) is 25.1 Å². The van der Waals surface area contributed by atoms with Gasteiger partial charge in [0, 0.05) is 0 Å². The number of fused-ring (bicyclic) bond motifs is 1. The maximum atomic E-state index is 9.20. The third-order valence-corrected chi connectivity index (χ3v) is 3.29. The van der Waals surface area contributed by atoms with Gasteiger partial charge in [-0.05, 0) is 56.4 Å². The fourth-order valence-electron chi connectivity index (χ4n) is 2.18. The molecule has 3 nitrogen and oxygen atoms in total. The lowest BCUT2D eigenvalue weighted by Crippen LogP contribution is -1.97. The van der Waals surface area contributed by atoms with Crippen molar-refractivity contribution in [1.29, 1.82) is 0 Å². The van der Waals surface area contributed by atoms with Gasteiger partial charge in [0.2, 0.25) is 0 Å². The molecule has 0 saturated heterocycles. The summed E-state index contributed by atoms with van der Waals surface area (Å²) >= 11 is 0. The molecule has 1 unspecified atom stereocenters. The van der Waals surface area contributed by atoms with Crippen molar-refractivity contribution in [3.63, 3.8) is 0 Å². The average Bonchev–Trinajstić information content (AvgIpc) is 2.47. The van der Waals surface area contributed by atoms with Crippen LogP contribution in [0.2, 0.25) is 0 Å². The van der Waals surface area contributed by atoms with Crippen molar-refractivity contribution >= 4 is 17.1 Å². The molecule has 0 radical (unpaired) electrons. The number of unbranched alkanes of at least 4 members (excludes halogenated alkanes) is 1. The van der Waals surface area contributed by atoms with Gasteiger partial charge in [-0.15, -0.1) is 6.58 Å². The Bertz CT molecular complexity index is 632. The number of rotatable bonds is 7. The van der Waals surface area contributed by atoms with E-state index in [-0.39, 0.29) is 6.10 Å². The van der Waals surface area contributed by atoms with E-state index in [4.69, 9.17) is 0 Å². The minimum atomic E-state index is -0.219. The monoisotopic (exact) mass is 282 g/mol. The number of hydrogen-bond donors (Lipinski definition) is 1. The van der Waals surface area contributed by atoms with E-state index in [0.29, 0.717) is 0 Å². The molecule has 3 heteroatoms. The molecule has 1 aromatic heterocycles. The van der Waals surface area contributed by atoms with Crippen molar-refractivity contribution in [2.24, 2.45) is 0 Å². The Balaban J connectivity index is 2.03. The molecular formula is C18H22N2O. The summed E-state index contributed by atoms with van der Waals surface area (Å²) in [7, 11) is 0. The molecule has 0 aliphatic heterocycles. The van der Waals surface area contributed by atoms with Gasteiger partial charge in [0.1, 0.15) is 0 Å². The fourth-order valence-corrected chi connectivity index (χ4v) is 2.18. The van der Waals surface area contributed by atoms with Gasteiger partial charge in [0.15, 0.2) is 0 Å². The molecule has 0 spiro atoms. The summed E-state index contributed by atoms with van der Waals surface area (Å²) in [6, 6.07) is 6.13. The van der Waals surface area contributed by atoms with Crippen LogP contribution in [0.1, 0.15) is 37.4 Å². The van der Waals surface area contributed by atoms with Crippen molar-refractivity contribution in [2.45, 2.75) is 38.7 Å². The maximum absolute atomic E-state index is 9.20. The first-order chi connectivity index (χ1) is 10.2. The zero-order valence-corrected chi connectivity index (χ0v) is 12.5. The lowest BCUT2D eigenvalue weighted by atomic mass is 10.1. The lowest BCUT2D eigenvalue weighted by Gasteiger charge is -2.02. The number of benzene rings is 1. The minimum absolute atomic E-state index is 0.219. The third kappa shape index (κ3) is 4.80. The van der Waals surface area contributed by atoms with E-state index in [9.17, 15) is 5.11 Å². The molecular weight excluding hydrogens is 260 g/mol. The Morgan fingerprint density at radius 3 is 2.95 bits per heavy atom. The predicted molar refractivity (Wildman–Crippen MR) is 88.0 cm³/mol. The predicted octanol–water partition coefficient (Wildman–Crippen LogP) is 3.92. The summed E-state index contributed by atoms with van der Waals surface area (Å²) in [4.78, 5) is 9.05. The van der Waals surface area contributed by atoms with Crippen LogP contribution in [0.15, 0.2) is 43.1 Å². The molecule has 0 amide bonds. The molecule has 0 saturated carbocycles. The summed E-state index contributed by atoms with van der Waals surface area (Å²) in [5, 5.41) is 9.20. The first-order valence-corrected chi connectivity index (χ1v) is 7.40. The molecule has 21 heavy (non-hydrogen) atoms. The zero-order chi connectivity index (χ0) is 15.1. The normalized spacial score (nSPS) is 12.9. The second kappa shape index (κ2) is 7.70. The number of aliphatic hydroxyl groups is 1. The standard InChI is InChI=1S/C18H22N2O/c1-3-7-15-10-11-17-18(12-15)19-13-16(20-17)9-6-4-5-8-14(2)21/h3,6,9-14,21H,1,4-5,7-8H2,2H3. The largest absolute Gasteiger partial charge is 0.393 e. The van der Waals surface area contributed by atoms with Crippen LogP contribution in [-0.2, 0) is 6.42 Å². The average molecular weight is 282 g/mol. The Labute approximate surface area is 126 Å². The number of allylic oxidation sites excluding steroid dienone is 2. The van der Waals surface area contributed by atoms with Crippen LogP contribution < -0.4 is 0 Å². The van der Waals surface area contributed by atoms with Crippen molar-refractivity contribution in [3.05, 3.63) is 54.4 Å². The van der Waals surface area contributed by atoms with Gasteiger partial charge in [-0.3, -0.25) is 4.98 Å². The van der Waals surface area contributed by atoms with Crippen LogP contribution in [0, 0.1) is 0 Å². The minimum Gasteiger partial charge on any atom is -0.393 e. The van der Waals surface area contributed by atoms with Crippen molar-refractivity contribution < 1.29 is 5.11 Å². The highest BCUT2D eigenvalue weighted by Crippen LogP contribution is 2.14. The van der Waals surface area contributed by atoms with Gasteiger partial charge in [0.05, 0.1) is 29.0 Å². The molecule has 0 bridgehead atoms. The molecule has 0 aliphatic carbocycles. The Kier molecular flexibility index (Phi) is 5.64. The zero-order valence-electron chi connectivity index (χ0n) is 12.5. The molecule has 0 aliphatic rings. The van der Waals surface area contributed by atoms with Gasteiger partial charge >= 0.3 is 0 Å². The first-order valence-electron chi connectivity index (χ1n) is 7.40. The molecule has 2 rings (SSSR count). The van der Waals surface area contributed by atoms with E-state index in [1.54, 1.807) is 6.20 Å². The first kappa shape index (κ1) is 15.4. The van der Waals surface area contributed by atoms with Gasteiger partial charge in [0.25, 0.3) is 0 Å². The number of nitrogens with zero attached hydrogens (tertiary/aromatic N) is 2. The number of hydrogen-bond acceptors (Lipinski definition) is 3. The fraction of sp³-hybridized carbons (Fsp3) is 0.333. The Morgan fingerprint density at radius 2 is 2.19 bits per heavy atom. The van der Waals surface area contributed by atoms with Crippen LogP contribution in [0.3, 0.4) is 0 Å². The SMILES string of the molecule is C=CCc1ccc2nc(C=CCCCC(C)O)cnc2c1. The van der Waals surface area contributed by atoms with Crippen molar-refractivity contribution in [1.82, 2.24) is 9.97 Å². The smallest absolute Gasteiger partial charge is 0.0894 e.